The molecule has 1 unspecified atom stereocenters. The molecule has 0 saturated heterocycles. The minimum absolute atomic E-state index is 0.595. The topological polar surface area (TPSA) is 50.5 Å². The Hall–Kier alpha value is 0.490. The van der Waals surface area contributed by atoms with E-state index in [2.05, 4.69) is 5.20 Å². The van der Waals surface area contributed by atoms with E-state index in [1.165, 1.54) is 0 Å². The van der Waals surface area contributed by atoms with Crippen molar-refractivity contribution in [1.82, 2.24) is 9.87 Å². The van der Waals surface area contributed by atoms with Gasteiger partial charge in [0.1, 0.15) is 0 Å². The van der Waals surface area contributed by atoms with Crippen molar-refractivity contribution in [3.8, 4) is 0 Å². The lowest BCUT2D eigenvalue weighted by Gasteiger charge is -2.31. The minimum atomic E-state index is -2.12. The summed E-state index contributed by atoms with van der Waals surface area (Å²) < 4.78 is 7.49. The monoisotopic (exact) mass is 211 g/mol. The van der Waals surface area contributed by atoms with Gasteiger partial charge in [-0.15, -0.1) is 0 Å². The average molecular weight is 211 g/mol. The lowest BCUT2D eigenvalue weighted by Crippen LogP contribution is -2.32. The first kappa shape index (κ1) is 12.5. The molecule has 12 heavy (non-hydrogen) atoms. The van der Waals surface area contributed by atoms with Crippen LogP contribution in [-0.4, -0.2) is 24.4 Å². The van der Waals surface area contributed by atoms with E-state index in [9.17, 15) is 0 Å². The molecule has 6 heteroatoms. The number of hydrazine groups is 1. The fourth-order valence-electron chi connectivity index (χ4n) is 0.972. The van der Waals surface area contributed by atoms with Gasteiger partial charge in [0, 0.05) is 13.1 Å². The highest BCUT2D eigenvalue weighted by molar-refractivity contribution is 8.10. The van der Waals surface area contributed by atoms with Crippen LogP contribution < -0.4 is 11.0 Å². The maximum Gasteiger partial charge on any atom is 0.213 e. The Bertz CT molecular complexity index is 163. The largest absolute Gasteiger partial charge is 0.326 e. The van der Waals surface area contributed by atoms with Gasteiger partial charge in [0.15, 0.2) is 0 Å². The third kappa shape index (κ3) is 3.09. The van der Waals surface area contributed by atoms with Crippen molar-refractivity contribution in [1.29, 1.82) is 0 Å². The van der Waals surface area contributed by atoms with Crippen molar-refractivity contribution < 1.29 is 4.52 Å². The molecule has 0 aromatic heterocycles. The van der Waals surface area contributed by atoms with E-state index in [1.54, 1.807) is 0 Å². The highest BCUT2D eigenvalue weighted by Gasteiger charge is 2.21. The molecule has 0 spiro atoms. The van der Waals surface area contributed by atoms with Crippen molar-refractivity contribution in [2.24, 2.45) is 5.84 Å². The van der Waals surface area contributed by atoms with E-state index in [-0.39, 0.29) is 0 Å². The zero-order valence-corrected chi connectivity index (χ0v) is 9.62. The van der Waals surface area contributed by atoms with Crippen LogP contribution in [0, 0.1) is 0 Å². The average Bonchev–Trinajstić information content (AvgIpc) is 2.07. The molecule has 0 aliphatic rings. The Morgan fingerprint density at radius 2 is 1.92 bits per heavy atom. The Labute approximate surface area is 79.6 Å². The van der Waals surface area contributed by atoms with Gasteiger partial charge in [-0.3, -0.25) is 5.84 Å². The minimum Gasteiger partial charge on any atom is -0.326 e. The molecule has 0 aliphatic carbocycles. The van der Waals surface area contributed by atoms with Gasteiger partial charge in [-0.05, 0) is 18.7 Å². The van der Waals surface area contributed by atoms with Gasteiger partial charge < -0.3 is 4.52 Å². The standard InChI is InChI=1S/C6H18N3OPS/c1-4-9(5-2)11(12,8-7)10-6-3/h4-7H2,1-3H3,(H,8,12). The van der Waals surface area contributed by atoms with Crippen LogP contribution in [0.5, 0.6) is 0 Å². The molecule has 0 amide bonds. The van der Waals surface area contributed by atoms with Crippen LogP contribution in [-0.2, 0) is 16.3 Å². The summed E-state index contributed by atoms with van der Waals surface area (Å²) in [6, 6.07) is 0. The van der Waals surface area contributed by atoms with Crippen molar-refractivity contribution in [3.63, 3.8) is 0 Å². The van der Waals surface area contributed by atoms with E-state index in [1.807, 2.05) is 25.4 Å². The second-order valence-corrected chi connectivity index (χ2v) is 5.81. The van der Waals surface area contributed by atoms with Crippen LogP contribution in [0.2, 0.25) is 0 Å². The van der Waals surface area contributed by atoms with Gasteiger partial charge in [0.05, 0.1) is 6.61 Å². The lowest BCUT2D eigenvalue weighted by molar-refractivity contribution is 0.319. The van der Waals surface area contributed by atoms with E-state index in [0.29, 0.717) is 6.61 Å². The second-order valence-electron chi connectivity index (χ2n) is 2.21. The van der Waals surface area contributed by atoms with Gasteiger partial charge >= 0.3 is 0 Å². The predicted molar refractivity (Wildman–Crippen MR) is 56.2 cm³/mol. The Balaban J connectivity index is 4.36. The normalized spacial score (nSPS) is 16.4. The number of nitrogens with two attached hydrogens (primary N) is 1. The molecule has 0 rings (SSSR count). The second kappa shape index (κ2) is 6.02. The highest BCUT2D eigenvalue weighted by atomic mass is 32.5. The molecule has 1 atom stereocenters. The fraction of sp³-hybridized carbons (Fsp3) is 1.00. The van der Waals surface area contributed by atoms with Crippen molar-refractivity contribution >= 4 is 18.4 Å². The molecule has 3 N–H and O–H groups in total. The Kier molecular flexibility index (Phi) is 6.27. The quantitative estimate of drug-likeness (QED) is 0.391. The maximum atomic E-state index is 5.44. The summed E-state index contributed by atoms with van der Waals surface area (Å²) in [4.78, 5) is 0. The molecule has 0 aliphatic heterocycles. The number of nitrogens with zero attached hydrogens (tertiary/aromatic N) is 1. The summed E-state index contributed by atoms with van der Waals surface area (Å²) >= 11 is 5.30. The summed E-state index contributed by atoms with van der Waals surface area (Å²) in [5.41, 5.74) is 0. The third-order valence-electron chi connectivity index (χ3n) is 1.57. The van der Waals surface area contributed by atoms with Crippen LogP contribution in [0.25, 0.3) is 0 Å². The van der Waals surface area contributed by atoms with E-state index in [4.69, 9.17) is 22.2 Å². The number of hydrogen-bond donors (Lipinski definition) is 2. The van der Waals surface area contributed by atoms with E-state index < -0.39 is 6.57 Å². The maximum absolute atomic E-state index is 5.44. The first-order valence-electron chi connectivity index (χ1n) is 4.12. The van der Waals surface area contributed by atoms with Crippen LogP contribution >= 0.6 is 6.57 Å². The molecule has 0 bridgehead atoms. The molecule has 4 nitrogen and oxygen atoms in total. The van der Waals surface area contributed by atoms with Crippen LogP contribution in [0.1, 0.15) is 20.8 Å². The Morgan fingerprint density at radius 1 is 1.42 bits per heavy atom. The summed E-state index contributed by atoms with van der Waals surface area (Å²) in [5, 5.41) is 2.61. The van der Waals surface area contributed by atoms with Crippen molar-refractivity contribution in [2.75, 3.05) is 19.7 Å². The lowest BCUT2D eigenvalue weighted by atomic mass is 10.7. The summed E-state index contributed by atoms with van der Waals surface area (Å²) in [6.07, 6.45) is 0. The number of rotatable bonds is 6. The molecule has 0 aromatic rings. The van der Waals surface area contributed by atoms with Crippen molar-refractivity contribution in [2.45, 2.75) is 20.8 Å². The molecular weight excluding hydrogens is 193 g/mol. The van der Waals surface area contributed by atoms with Gasteiger partial charge in [-0.2, -0.15) is 5.20 Å². The van der Waals surface area contributed by atoms with Gasteiger partial charge in [-0.25, -0.2) is 4.67 Å². The first-order chi connectivity index (χ1) is 5.64. The first-order valence-corrected chi connectivity index (χ1v) is 6.79. The van der Waals surface area contributed by atoms with Crippen LogP contribution in [0.3, 0.4) is 0 Å². The SMILES string of the molecule is CCOP(=S)(NN)N(CC)CC. The number of hydrogen-bond acceptors (Lipinski definition) is 3. The van der Waals surface area contributed by atoms with Crippen LogP contribution in [0.15, 0.2) is 0 Å². The third-order valence-corrected chi connectivity index (χ3v) is 5.14. The zero-order valence-electron chi connectivity index (χ0n) is 7.91. The smallest absolute Gasteiger partial charge is 0.213 e. The van der Waals surface area contributed by atoms with E-state index >= 15 is 0 Å². The van der Waals surface area contributed by atoms with Gasteiger partial charge in [0.25, 0.3) is 0 Å². The highest BCUT2D eigenvalue weighted by Crippen LogP contribution is 2.45. The fourth-order valence-corrected chi connectivity index (χ4v) is 3.48. The summed E-state index contributed by atoms with van der Waals surface area (Å²) in [6.45, 7) is 6.20. The number of nitrogens with one attached hydrogen (secondary N) is 1. The molecule has 0 aromatic carbocycles. The van der Waals surface area contributed by atoms with Crippen LogP contribution in [0.4, 0.5) is 0 Å². The Morgan fingerprint density at radius 3 is 2.17 bits per heavy atom. The molecule has 74 valence electrons. The van der Waals surface area contributed by atoms with Gasteiger partial charge in [-0.1, -0.05) is 13.8 Å². The van der Waals surface area contributed by atoms with Gasteiger partial charge in [0.2, 0.25) is 6.57 Å². The van der Waals surface area contributed by atoms with E-state index in [0.717, 1.165) is 13.1 Å². The molecule has 0 saturated carbocycles. The predicted octanol–water partition coefficient (Wildman–Crippen LogP) is 1.05. The molecule has 0 radical (unpaired) electrons. The molecule has 0 heterocycles. The zero-order chi connectivity index (χ0) is 9.61. The summed E-state index contributed by atoms with van der Waals surface area (Å²) in [7, 11) is 0. The molecule has 0 fully saturated rings. The summed E-state index contributed by atoms with van der Waals surface area (Å²) in [5.74, 6) is 5.37. The molecular formula is C6H18N3OPS. The van der Waals surface area contributed by atoms with Crippen molar-refractivity contribution in [3.05, 3.63) is 0 Å².